The molecule has 0 spiro atoms. The Morgan fingerprint density at radius 3 is 2.52 bits per heavy atom. The van der Waals surface area contributed by atoms with Crippen LogP contribution in [0.15, 0.2) is 33.7 Å². The molecule has 2 rings (SSSR count). The topological polar surface area (TPSA) is 104 Å². The highest BCUT2D eigenvalue weighted by molar-refractivity contribution is 9.10. The lowest BCUT2D eigenvalue weighted by molar-refractivity contribution is -0.137. The first-order valence-corrected chi connectivity index (χ1v) is 7.42. The summed E-state index contributed by atoms with van der Waals surface area (Å²) in [4.78, 5) is 40.7. The van der Waals surface area contributed by atoms with E-state index in [1.807, 2.05) is 4.98 Å². The van der Waals surface area contributed by atoms with Gasteiger partial charge in [-0.3, -0.25) is 14.4 Å². The van der Waals surface area contributed by atoms with Gasteiger partial charge in [0.2, 0.25) is 5.91 Å². The molecule has 0 saturated heterocycles. The van der Waals surface area contributed by atoms with Crippen LogP contribution >= 0.6 is 15.9 Å². The van der Waals surface area contributed by atoms with Crippen LogP contribution in [0.2, 0.25) is 0 Å². The third kappa shape index (κ3) is 4.66. The van der Waals surface area contributed by atoms with E-state index in [-0.39, 0.29) is 16.0 Å². The largest absolute Gasteiger partial charge is 0.417 e. The van der Waals surface area contributed by atoms with Gasteiger partial charge in [0.25, 0.3) is 11.5 Å². The molecule has 0 unspecified atom stereocenters. The number of aromatic amines is 1. The molecule has 132 valence electrons. The summed E-state index contributed by atoms with van der Waals surface area (Å²) in [7, 11) is 0. The predicted octanol–water partition coefficient (Wildman–Crippen LogP) is 2.76. The Morgan fingerprint density at radius 1 is 1.24 bits per heavy atom. The van der Waals surface area contributed by atoms with E-state index in [1.54, 1.807) is 0 Å². The number of carbonyl (C=O) groups excluding carboxylic acids is 2. The number of nitrogens with one attached hydrogen (secondary N) is 3. The number of pyridine rings is 2. The van der Waals surface area contributed by atoms with Crippen LogP contribution in [-0.2, 0) is 11.0 Å². The Bertz CT molecular complexity index is 896. The molecule has 0 aliphatic heterocycles. The summed E-state index contributed by atoms with van der Waals surface area (Å²) in [5.74, 6) is -1.28. The summed E-state index contributed by atoms with van der Waals surface area (Å²) >= 11 is 3.07. The highest BCUT2D eigenvalue weighted by Crippen LogP contribution is 2.29. The van der Waals surface area contributed by atoms with Crippen LogP contribution in [0, 0.1) is 0 Å². The van der Waals surface area contributed by atoms with E-state index in [1.165, 1.54) is 19.1 Å². The summed E-state index contributed by atoms with van der Waals surface area (Å²) < 4.78 is 38.3. The first-order chi connectivity index (χ1) is 11.6. The van der Waals surface area contributed by atoms with Crippen LogP contribution in [0.25, 0.3) is 0 Å². The number of halogens is 4. The predicted molar refractivity (Wildman–Crippen MR) is 86.3 cm³/mol. The monoisotopic (exact) mass is 418 g/mol. The first kappa shape index (κ1) is 18.6. The molecule has 0 aliphatic rings. The highest BCUT2D eigenvalue weighted by atomic mass is 79.9. The van der Waals surface area contributed by atoms with Gasteiger partial charge in [-0.1, -0.05) is 0 Å². The van der Waals surface area contributed by atoms with Crippen molar-refractivity contribution in [3.05, 3.63) is 50.5 Å². The zero-order valence-electron chi connectivity index (χ0n) is 12.5. The molecule has 0 fully saturated rings. The SMILES string of the molecule is CC(=O)Nc1ccc(Br)c(C(=O)Nc2cc(C(F)(F)F)c[nH]c2=O)n1. The number of alkyl halides is 3. The summed E-state index contributed by atoms with van der Waals surface area (Å²) in [5.41, 5.74) is -2.83. The Balaban J connectivity index is 2.34. The van der Waals surface area contributed by atoms with Crippen molar-refractivity contribution < 1.29 is 22.8 Å². The number of aromatic nitrogens is 2. The van der Waals surface area contributed by atoms with E-state index < -0.39 is 34.8 Å². The summed E-state index contributed by atoms with van der Waals surface area (Å²) in [6.07, 6.45) is -4.18. The van der Waals surface area contributed by atoms with Gasteiger partial charge >= 0.3 is 6.18 Å². The maximum absolute atomic E-state index is 12.7. The molecule has 3 N–H and O–H groups in total. The maximum Gasteiger partial charge on any atom is 0.417 e. The molecule has 11 heteroatoms. The van der Waals surface area contributed by atoms with E-state index in [2.05, 4.69) is 31.5 Å². The zero-order chi connectivity index (χ0) is 18.8. The number of anilines is 2. The fourth-order valence-electron chi connectivity index (χ4n) is 1.77. The molecule has 0 aliphatic carbocycles. The first-order valence-electron chi connectivity index (χ1n) is 6.63. The minimum atomic E-state index is -4.69. The molecule has 2 heterocycles. The van der Waals surface area contributed by atoms with Crippen LogP contribution in [0.4, 0.5) is 24.7 Å². The molecule has 25 heavy (non-hydrogen) atoms. The quantitative estimate of drug-likeness (QED) is 0.712. The average Bonchev–Trinajstić information content (AvgIpc) is 2.49. The standard InChI is InChI=1S/C14H10BrF3N4O3/c1-6(23)20-10-3-2-8(15)11(22-10)13(25)21-9-4-7(14(16,17)18)5-19-12(9)24/h2-5H,1H3,(H,19,24)(H,21,25)(H,20,22,23). The van der Waals surface area contributed by atoms with E-state index in [4.69, 9.17) is 0 Å². The van der Waals surface area contributed by atoms with Crippen molar-refractivity contribution in [2.24, 2.45) is 0 Å². The van der Waals surface area contributed by atoms with Gasteiger partial charge in [0, 0.05) is 17.6 Å². The van der Waals surface area contributed by atoms with Crippen LogP contribution < -0.4 is 16.2 Å². The Morgan fingerprint density at radius 2 is 1.92 bits per heavy atom. The normalized spacial score (nSPS) is 11.1. The smallest absolute Gasteiger partial charge is 0.327 e. The van der Waals surface area contributed by atoms with E-state index >= 15 is 0 Å². The second-order valence-corrected chi connectivity index (χ2v) is 5.65. The number of nitrogens with zero attached hydrogens (tertiary/aromatic N) is 1. The molecule has 0 atom stereocenters. The van der Waals surface area contributed by atoms with Crippen molar-refractivity contribution in [2.45, 2.75) is 13.1 Å². The number of amides is 2. The van der Waals surface area contributed by atoms with Gasteiger partial charge in [0.15, 0.2) is 0 Å². The number of hydrogen-bond acceptors (Lipinski definition) is 4. The summed E-state index contributed by atoms with van der Waals surface area (Å²) in [5, 5.41) is 4.44. The van der Waals surface area contributed by atoms with Crippen molar-refractivity contribution in [1.82, 2.24) is 9.97 Å². The van der Waals surface area contributed by atoms with Crippen molar-refractivity contribution >= 4 is 39.2 Å². The second kappa shape index (κ2) is 7.05. The molecular weight excluding hydrogens is 409 g/mol. The molecule has 2 aromatic rings. The van der Waals surface area contributed by atoms with Crippen molar-refractivity contribution in [3.8, 4) is 0 Å². The number of hydrogen-bond donors (Lipinski definition) is 3. The molecule has 0 bridgehead atoms. The van der Waals surface area contributed by atoms with Crippen LogP contribution in [-0.4, -0.2) is 21.8 Å². The fraction of sp³-hybridized carbons (Fsp3) is 0.143. The maximum atomic E-state index is 12.7. The third-order valence-corrected chi connectivity index (χ3v) is 3.48. The van der Waals surface area contributed by atoms with Gasteiger partial charge in [0.05, 0.1) is 5.56 Å². The lowest BCUT2D eigenvalue weighted by atomic mass is 10.2. The molecule has 0 saturated carbocycles. The summed E-state index contributed by atoms with van der Waals surface area (Å²) in [6, 6.07) is 3.35. The Hall–Kier alpha value is -2.69. The van der Waals surface area contributed by atoms with Gasteiger partial charge in [-0.2, -0.15) is 13.2 Å². The van der Waals surface area contributed by atoms with Gasteiger partial charge in [-0.05, 0) is 34.1 Å². The van der Waals surface area contributed by atoms with Crippen LogP contribution in [0.3, 0.4) is 0 Å². The van der Waals surface area contributed by atoms with Gasteiger partial charge < -0.3 is 15.6 Å². The molecular formula is C14H10BrF3N4O3. The molecule has 0 aromatic carbocycles. The zero-order valence-corrected chi connectivity index (χ0v) is 14.1. The lowest BCUT2D eigenvalue weighted by Gasteiger charge is -2.10. The second-order valence-electron chi connectivity index (χ2n) is 4.79. The Kier molecular flexibility index (Phi) is 5.26. The van der Waals surface area contributed by atoms with Crippen LogP contribution in [0.1, 0.15) is 23.0 Å². The fourth-order valence-corrected chi connectivity index (χ4v) is 2.17. The third-order valence-electron chi connectivity index (χ3n) is 2.84. The minimum absolute atomic E-state index is 0.0683. The molecule has 7 nitrogen and oxygen atoms in total. The number of H-pyrrole nitrogens is 1. The molecule has 2 aromatic heterocycles. The van der Waals surface area contributed by atoms with Crippen molar-refractivity contribution in [1.29, 1.82) is 0 Å². The van der Waals surface area contributed by atoms with Gasteiger partial charge in [-0.15, -0.1) is 0 Å². The van der Waals surface area contributed by atoms with Crippen molar-refractivity contribution in [3.63, 3.8) is 0 Å². The summed E-state index contributed by atoms with van der Waals surface area (Å²) in [6.45, 7) is 1.24. The van der Waals surface area contributed by atoms with E-state index in [9.17, 15) is 27.6 Å². The van der Waals surface area contributed by atoms with Crippen LogP contribution in [0.5, 0.6) is 0 Å². The molecule has 0 radical (unpaired) electrons. The molecule has 2 amide bonds. The number of rotatable bonds is 3. The number of carbonyl (C=O) groups is 2. The minimum Gasteiger partial charge on any atom is -0.327 e. The highest BCUT2D eigenvalue weighted by Gasteiger charge is 2.31. The lowest BCUT2D eigenvalue weighted by Crippen LogP contribution is -2.23. The van der Waals surface area contributed by atoms with Gasteiger partial charge in [0.1, 0.15) is 17.2 Å². The Labute approximate surface area is 146 Å². The average molecular weight is 419 g/mol. The van der Waals surface area contributed by atoms with Crippen molar-refractivity contribution in [2.75, 3.05) is 10.6 Å². The van der Waals surface area contributed by atoms with E-state index in [0.29, 0.717) is 12.3 Å². The van der Waals surface area contributed by atoms with Gasteiger partial charge in [-0.25, -0.2) is 4.98 Å². The van der Waals surface area contributed by atoms with E-state index in [0.717, 1.165) is 0 Å².